The van der Waals surface area contributed by atoms with Crippen LogP contribution in [0.2, 0.25) is 0 Å². The average molecular weight is 257 g/mol. The van der Waals surface area contributed by atoms with Gasteiger partial charge in [-0.25, -0.2) is 0 Å². The van der Waals surface area contributed by atoms with Gasteiger partial charge in [0.2, 0.25) is 0 Å². The summed E-state index contributed by atoms with van der Waals surface area (Å²) in [7, 11) is 0. The quantitative estimate of drug-likeness (QED) is 0.840. The Kier molecular flexibility index (Phi) is 4.80. The van der Waals surface area contributed by atoms with Crippen LogP contribution in [0.5, 0.6) is 0 Å². The van der Waals surface area contributed by atoms with Crippen molar-refractivity contribution in [2.75, 3.05) is 6.54 Å². The first-order valence-corrected chi connectivity index (χ1v) is 7.05. The van der Waals surface area contributed by atoms with Crippen molar-refractivity contribution in [2.45, 2.75) is 33.2 Å². The van der Waals surface area contributed by atoms with Crippen LogP contribution in [0.25, 0.3) is 0 Å². The fraction of sp³-hybridized carbons (Fsp3) is 0.412. The lowest BCUT2D eigenvalue weighted by atomic mass is 9.97. The van der Waals surface area contributed by atoms with Crippen molar-refractivity contribution in [2.24, 2.45) is 5.92 Å². The van der Waals surface area contributed by atoms with Crippen LogP contribution in [0.1, 0.15) is 43.5 Å². The molecule has 0 saturated heterocycles. The number of hydrogen-bond donors (Lipinski definition) is 1. The maximum atomic E-state index is 5.20. The van der Waals surface area contributed by atoms with E-state index >= 15 is 0 Å². The molecule has 0 amide bonds. The molecule has 1 aromatic heterocycles. The molecule has 1 heterocycles. The molecular weight excluding hydrogens is 234 g/mol. The molecule has 0 spiro atoms. The van der Waals surface area contributed by atoms with Gasteiger partial charge in [-0.1, -0.05) is 45.0 Å². The molecule has 0 bridgehead atoms. The number of benzene rings is 1. The highest BCUT2D eigenvalue weighted by molar-refractivity contribution is 5.32. The molecule has 0 saturated carbocycles. The second-order valence-corrected chi connectivity index (χ2v) is 5.39. The molecule has 102 valence electrons. The van der Waals surface area contributed by atoms with Crippen molar-refractivity contribution in [3.8, 4) is 0 Å². The summed E-state index contributed by atoms with van der Waals surface area (Å²) in [5.41, 5.74) is 3.87. The summed E-state index contributed by atoms with van der Waals surface area (Å²) >= 11 is 0. The van der Waals surface area contributed by atoms with Gasteiger partial charge in [0.1, 0.15) is 0 Å². The van der Waals surface area contributed by atoms with E-state index in [1.165, 1.54) is 16.7 Å². The molecule has 2 heteroatoms. The number of nitrogens with one attached hydrogen (secondary N) is 1. The van der Waals surface area contributed by atoms with Crippen molar-refractivity contribution < 1.29 is 4.42 Å². The van der Waals surface area contributed by atoms with Gasteiger partial charge in [-0.15, -0.1) is 0 Å². The van der Waals surface area contributed by atoms with E-state index in [2.05, 4.69) is 50.4 Å². The molecule has 0 radical (unpaired) electrons. The molecule has 0 aliphatic heterocycles. The third-order valence-corrected chi connectivity index (χ3v) is 3.24. The van der Waals surface area contributed by atoms with Crippen molar-refractivity contribution in [1.29, 1.82) is 0 Å². The Hall–Kier alpha value is -1.54. The Morgan fingerprint density at radius 1 is 1.05 bits per heavy atom. The predicted molar refractivity (Wildman–Crippen MR) is 79.2 cm³/mol. The van der Waals surface area contributed by atoms with Gasteiger partial charge in [-0.3, -0.25) is 0 Å². The van der Waals surface area contributed by atoms with Crippen molar-refractivity contribution in [3.05, 3.63) is 59.5 Å². The monoisotopic (exact) mass is 257 g/mol. The van der Waals surface area contributed by atoms with Crippen LogP contribution in [0.4, 0.5) is 0 Å². The zero-order valence-corrected chi connectivity index (χ0v) is 12.0. The van der Waals surface area contributed by atoms with Crippen molar-refractivity contribution in [1.82, 2.24) is 5.32 Å². The van der Waals surface area contributed by atoms with Gasteiger partial charge in [0.15, 0.2) is 0 Å². The molecule has 2 rings (SSSR count). The Labute approximate surface area is 115 Å². The molecule has 1 N–H and O–H groups in total. The first kappa shape index (κ1) is 13.9. The highest BCUT2D eigenvalue weighted by Gasteiger charge is 2.13. The maximum absolute atomic E-state index is 5.20. The third-order valence-electron chi connectivity index (χ3n) is 3.24. The van der Waals surface area contributed by atoms with Gasteiger partial charge in [0, 0.05) is 5.56 Å². The summed E-state index contributed by atoms with van der Waals surface area (Å²) in [5, 5.41) is 3.50. The summed E-state index contributed by atoms with van der Waals surface area (Å²) in [5.74, 6) is 0.698. The molecule has 2 aromatic rings. The molecule has 0 aliphatic carbocycles. The van der Waals surface area contributed by atoms with Crippen molar-refractivity contribution >= 4 is 0 Å². The van der Waals surface area contributed by atoms with E-state index in [0.29, 0.717) is 5.92 Å². The molecule has 1 atom stereocenters. The van der Waals surface area contributed by atoms with Crippen LogP contribution in [-0.4, -0.2) is 6.54 Å². The van der Waals surface area contributed by atoms with Gasteiger partial charge in [-0.05, 0) is 36.1 Å². The van der Waals surface area contributed by atoms with Crippen LogP contribution in [0.15, 0.2) is 47.3 Å². The van der Waals surface area contributed by atoms with Gasteiger partial charge >= 0.3 is 0 Å². The fourth-order valence-corrected chi connectivity index (χ4v) is 2.39. The lowest BCUT2D eigenvalue weighted by Crippen LogP contribution is -2.21. The molecule has 19 heavy (non-hydrogen) atoms. The fourth-order valence-electron chi connectivity index (χ4n) is 2.39. The maximum Gasteiger partial charge on any atom is 0.0953 e. The zero-order valence-electron chi connectivity index (χ0n) is 12.0. The lowest BCUT2D eigenvalue weighted by molar-refractivity contribution is 0.553. The van der Waals surface area contributed by atoms with Crippen LogP contribution in [0, 0.1) is 5.92 Å². The van der Waals surface area contributed by atoms with Gasteiger partial charge in [0.05, 0.1) is 18.6 Å². The second kappa shape index (κ2) is 6.58. The Bertz CT molecular complexity index is 470. The number of hydrogen-bond acceptors (Lipinski definition) is 2. The van der Waals surface area contributed by atoms with Crippen molar-refractivity contribution in [3.63, 3.8) is 0 Å². The lowest BCUT2D eigenvalue weighted by Gasteiger charge is -2.17. The van der Waals surface area contributed by atoms with E-state index in [1.54, 1.807) is 6.26 Å². The predicted octanol–water partition coefficient (Wildman–Crippen LogP) is 4.18. The third kappa shape index (κ3) is 3.71. The summed E-state index contributed by atoms with van der Waals surface area (Å²) < 4.78 is 5.20. The first-order valence-electron chi connectivity index (χ1n) is 7.05. The smallest absolute Gasteiger partial charge is 0.0953 e. The largest absolute Gasteiger partial charge is 0.472 e. The summed E-state index contributed by atoms with van der Waals surface area (Å²) in [4.78, 5) is 0. The Morgan fingerprint density at radius 3 is 2.32 bits per heavy atom. The molecular formula is C17H23NO. The molecule has 0 aliphatic rings. The zero-order chi connectivity index (χ0) is 13.7. The van der Waals surface area contributed by atoms with Crippen LogP contribution >= 0.6 is 0 Å². The normalized spacial score (nSPS) is 12.8. The van der Waals surface area contributed by atoms with Crippen LogP contribution < -0.4 is 5.32 Å². The van der Waals surface area contributed by atoms with E-state index in [0.717, 1.165) is 13.0 Å². The SMILES string of the molecule is CCNC(c1ccc(CC(C)C)cc1)c1ccoc1. The second-order valence-electron chi connectivity index (χ2n) is 5.39. The Morgan fingerprint density at radius 2 is 1.79 bits per heavy atom. The summed E-state index contributed by atoms with van der Waals surface area (Å²) in [6, 6.07) is 11.2. The number of rotatable bonds is 6. The molecule has 1 aromatic carbocycles. The van der Waals surface area contributed by atoms with E-state index < -0.39 is 0 Å². The van der Waals surface area contributed by atoms with E-state index in [4.69, 9.17) is 4.42 Å². The van der Waals surface area contributed by atoms with E-state index in [-0.39, 0.29) is 6.04 Å². The topological polar surface area (TPSA) is 25.2 Å². The standard InChI is InChI=1S/C17H23NO/c1-4-18-17(16-9-10-19-12-16)15-7-5-14(6-8-15)11-13(2)3/h5-10,12-13,17-18H,4,11H2,1-3H3. The highest BCUT2D eigenvalue weighted by Crippen LogP contribution is 2.23. The minimum atomic E-state index is 0.219. The minimum absolute atomic E-state index is 0.219. The minimum Gasteiger partial charge on any atom is -0.472 e. The summed E-state index contributed by atoms with van der Waals surface area (Å²) in [6.07, 6.45) is 4.68. The van der Waals surface area contributed by atoms with E-state index in [1.807, 2.05) is 12.3 Å². The average Bonchev–Trinajstić information content (AvgIpc) is 2.90. The van der Waals surface area contributed by atoms with Gasteiger partial charge in [0.25, 0.3) is 0 Å². The molecule has 2 nitrogen and oxygen atoms in total. The first-order chi connectivity index (χ1) is 9.20. The molecule has 0 fully saturated rings. The summed E-state index contributed by atoms with van der Waals surface area (Å²) in [6.45, 7) is 7.56. The number of furan rings is 1. The highest BCUT2D eigenvalue weighted by atomic mass is 16.3. The van der Waals surface area contributed by atoms with E-state index in [9.17, 15) is 0 Å². The van der Waals surface area contributed by atoms with Gasteiger partial charge < -0.3 is 9.73 Å². The van der Waals surface area contributed by atoms with Crippen LogP contribution in [0.3, 0.4) is 0 Å². The van der Waals surface area contributed by atoms with Gasteiger partial charge in [-0.2, -0.15) is 0 Å². The van der Waals surface area contributed by atoms with Crippen LogP contribution in [-0.2, 0) is 6.42 Å². The molecule has 1 unspecified atom stereocenters. The Balaban J connectivity index is 2.18.